The second kappa shape index (κ2) is 7.12. The number of ether oxygens (including phenoxy) is 1. The van der Waals surface area contributed by atoms with Gasteiger partial charge in [0.05, 0.1) is 17.4 Å². The zero-order valence-corrected chi connectivity index (χ0v) is 11.3. The Balaban J connectivity index is 1.75. The van der Waals surface area contributed by atoms with Crippen LogP contribution in [0.5, 0.6) is 0 Å². The lowest BCUT2D eigenvalue weighted by Crippen LogP contribution is -2.32. The molecule has 2 rings (SSSR count). The predicted molar refractivity (Wildman–Crippen MR) is 71.7 cm³/mol. The highest BCUT2D eigenvalue weighted by Crippen LogP contribution is 2.18. The number of nitrogens with one attached hydrogen (secondary N) is 1. The molecule has 0 aliphatic carbocycles. The fourth-order valence-corrected chi connectivity index (χ4v) is 2.58. The Labute approximate surface area is 116 Å². The van der Waals surface area contributed by atoms with Gasteiger partial charge in [0.25, 0.3) is 0 Å². The van der Waals surface area contributed by atoms with Gasteiger partial charge in [-0.3, -0.25) is 4.79 Å². The largest absolute Gasteiger partial charge is 0.376 e. The molecule has 0 bridgehead atoms. The van der Waals surface area contributed by atoms with Crippen LogP contribution in [-0.4, -0.2) is 35.9 Å². The minimum atomic E-state index is -0.0601. The minimum Gasteiger partial charge on any atom is -0.376 e. The van der Waals surface area contributed by atoms with Gasteiger partial charge in [0.1, 0.15) is 11.1 Å². The molecule has 1 fully saturated rings. The van der Waals surface area contributed by atoms with Crippen molar-refractivity contribution in [1.82, 2.24) is 10.3 Å². The Morgan fingerprint density at radius 2 is 2.58 bits per heavy atom. The summed E-state index contributed by atoms with van der Waals surface area (Å²) >= 11 is 1.28. The van der Waals surface area contributed by atoms with Gasteiger partial charge in [-0.1, -0.05) is 11.8 Å². The average Bonchev–Trinajstić information content (AvgIpc) is 2.96. The SMILES string of the molecule is N#Cc1cccnc1SCC(=O)NC[C@H]1CCCO1. The normalized spacial score (nSPS) is 17.9. The lowest BCUT2D eigenvalue weighted by atomic mass is 10.2. The molecule has 0 aromatic carbocycles. The van der Waals surface area contributed by atoms with Crippen LogP contribution in [0.1, 0.15) is 18.4 Å². The van der Waals surface area contributed by atoms with Gasteiger partial charge < -0.3 is 10.1 Å². The van der Waals surface area contributed by atoms with Crippen LogP contribution in [-0.2, 0) is 9.53 Å². The lowest BCUT2D eigenvalue weighted by Gasteiger charge is -2.10. The fourth-order valence-electron chi connectivity index (χ4n) is 1.81. The van der Waals surface area contributed by atoms with Crippen LogP contribution in [0.25, 0.3) is 0 Å². The fraction of sp³-hybridized carbons (Fsp3) is 0.462. The molecule has 1 aliphatic rings. The van der Waals surface area contributed by atoms with Gasteiger partial charge in [-0.25, -0.2) is 4.98 Å². The summed E-state index contributed by atoms with van der Waals surface area (Å²) in [6.45, 7) is 1.35. The van der Waals surface area contributed by atoms with Crippen molar-refractivity contribution < 1.29 is 9.53 Å². The van der Waals surface area contributed by atoms with E-state index in [1.165, 1.54) is 11.8 Å². The second-order valence-electron chi connectivity index (χ2n) is 4.20. The van der Waals surface area contributed by atoms with E-state index < -0.39 is 0 Å². The zero-order valence-electron chi connectivity index (χ0n) is 10.5. The third-order valence-electron chi connectivity index (χ3n) is 2.78. The maximum Gasteiger partial charge on any atom is 0.230 e. The molecule has 5 nitrogen and oxygen atoms in total. The Kier molecular flexibility index (Phi) is 5.19. The Hall–Kier alpha value is -1.58. The molecule has 0 saturated carbocycles. The van der Waals surface area contributed by atoms with E-state index in [0.717, 1.165) is 19.4 Å². The molecule has 0 spiro atoms. The molecule has 6 heteroatoms. The molecule has 1 atom stereocenters. The van der Waals surface area contributed by atoms with Crippen molar-refractivity contribution in [2.24, 2.45) is 0 Å². The van der Waals surface area contributed by atoms with Crippen LogP contribution in [0.4, 0.5) is 0 Å². The van der Waals surface area contributed by atoms with Gasteiger partial charge in [0, 0.05) is 19.3 Å². The molecule has 100 valence electrons. The summed E-state index contributed by atoms with van der Waals surface area (Å²) in [6, 6.07) is 5.46. The van der Waals surface area contributed by atoms with E-state index in [2.05, 4.69) is 16.4 Å². The van der Waals surface area contributed by atoms with E-state index >= 15 is 0 Å². The van der Waals surface area contributed by atoms with Crippen molar-refractivity contribution in [2.45, 2.75) is 24.0 Å². The summed E-state index contributed by atoms with van der Waals surface area (Å²) < 4.78 is 5.43. The number of hydrogen-bond donors (Lipinski definition) is 1. The summed E-state index contributed by atoms with van der Waals surface area (Å²) in [5.74, 6) is 0.202. The second-order valence-corrected chi connectivity index (χ2v) is 5.16. The summed E-state index contributed by atoms with van der Waals surface area (Å²) in [6.07, 6.45) is 3.84. The van der Waals surface area contributed by atoms with Crippen LogP contribution in [0.15, 0.2) is 23.4 Å². The van der Waals surface area contributed by atoms with Crippen molar-refractivity contribution in [3.8, 4) is 6.07 Å². The first kappa shape index (κ1) is 13.8. The number of nitrogens with zero attached hydrogens (tertiary/aromatic N) is 2. The third kappa shape index (κ3) is 4.23. The topological polar surface area (TPSA) is 75.0 Å². The number of pyridine rings is 1. The Morgan fingerprint density at radius 1 is 1.68 bits per heavy atom. The van der Waals surface area contributed by atoms with Gasteiger partial charge >= 0.3 is 0 Å². The van der Waals surface area contributed by atoms with Crippen LogP contribution in [0.3, 0.4) is 0 Å². The van der Waals surface area contributed by atoms with Gasteiger partial charge in [-0.2, -0.15) is 5.26 Å². The van der Waals surface area contributed by atoms with E-state index in [1.54, 1.807) is 18.3 Å². The molecule has 1 saturated heterocycles. The smallest absolute Gasteiger partial charge is 0.230 e. The summed E-state index contributed by atoms with van der Waals surface area (Å²) in [5, 5.41) is 12.3. The highest BCUT2D eigenvalue weighted by atomic mass is 32.2. The average molecular weight is 277 g/mol. The van der Waals surface area contributed by atoms with Crippen molar-refractivity contribution in [1.29, 1.82) is 5.26 Å². The van der Waals surface area contributed by atoms with E-state index in [1.807, 2.05) is 0 Å². The third-order valence-corrected chi connectivity index (χ3v) is 3.79. The van der Waals surface area contributed by atoms with Crippen molar-refractivity contribution in [2.75, 3.05) is 18.9 Å². The van der Waals surface area contributed by atoms with E-state index in [-0.39, 0.29) is 17.8 Å². The molecule has 0 radical (unpaired) electrons. The molecular formula is C13H15N3O2S. The summed E-state index contributed by atoms with van der Waals surface area (Å²) in [4.78, 5) is 15.8. The molecule has 1 aromatic heterocycles. The van der Waals surface area contributed by atoms with Crippen molar-refractivity contribution in [3.63, 3.8) is 0 Å². The van der Waals surface area contributed by atoms with Gasteiger partial charge in [-0.15, -0.1) is 0 Å². The van der Waals surface area contributed by atoms with E-state index in [4.69, 9.17) is 10.00 Å². The number of carbonyl (C=O) groups is 1. The highest BCUT2D eigenvalue weighted by molar-refractivity contribution is 7.99. The Bertz CT molecular complexity index is 481. The molecule has 0 unspecified atom stereocenters. The van der Waals surface area contributed by atoms with Crippen LogP contribution in [0, 0.1) is 11.3 Å². The number of carbonyl (C=O) groups excluding carboxylic acids is 1. The van der Waals surface area contributed by atoms with E-state index in [9.17, 15) is 4.79 Å². The number of amides is 1. The van der Waals surface area contributed by atoms with Crippen molar-refractivity contribution >= 4 is 17.7 Å². The van der Waals surface area contributed by atoms with Crippen LogP contribution < -0.4 is 5.32 Å². The van der Waals surface area contributed by atoms with Crippen molar-refractivity contribution in [3.05, 3.63) is 23.9 Å². The first-order chi connectivity index (χ1) is 9.29. The maximum absolute atomic E-state index is 11.7. The maximum atomic E-state index is 11.7. The number of nitriles is 1. The zero-order chi connectivity index (χ0) is 13.5. The highest BCUT2D eigenvalue weighted by Gasteiger charge is 2.16. The summed E-state index contributed by atoms with van der Waals surface area (Å²) in [5.41, 5.74) is 0.499. The first-order valence-electron chi connectivity index (χ1n) is 6.16. The van der Waals surface area contributed by atoms with Gasteiger partial charge in [0.2, 0.25) is 5.91 Å². The quantitative estimate of drug-likeness (QED) is 0.822. The molecule has 1 aliphatic heterocycles. The number of aromatic nitrogens is 1. The predicted octanol–water partition coefficient (Wildman–Crippen LogP) is 1.34. The lowest BCUT2D eigenvalue weighted by molar-refractivity contribution is -0.119. The minimum absolute atomic E-state index is 0.0601. The number of rotatable bonds is 5. The monoisotopic (exact) mass is 277 g/mol. The Morgan fingerprint density at radius 3 is 3.32 bits per heavy atom. The first-order valence-corrected chi connectivity index (χ1v) is 7.14. The van der Waals surface area contributed by atoms with Gasteiger partial charge in [0.15, 0.2) is 0 Å². The van der Waals surface area contributed by atoms with Crippen LogP contribution in [0.2, 0.25) is 0 Å². The molecule has 2 heterocycles. The van der Waals surface area contributed by atoms with Crippen LogP contribution >= 0.6 is 11.8 Å². The molecule has 1 N–H and O–H groups in total. The van der Waals surface area contributed by atoms with E-state index in [0.29, 0.717) is 17.1 Å². The molecule has 1 aromatic rings. The van der Waals surface area contributed by atoms with Gasteiger partial charge in [-0.05, 0) is 25.0 Å². The molecular weight excluding hydrogens is 262 g/mol. The standard InChI is InChI=1S/C13H15N3O2S/c14-7-10-3-1-5-15-13(10)19-9-12(17)16-8-11-4-2-6-18-11/h1,3,5,11H,2,4,6,8-9H2,(H,16,17)/t11-/m1/s1. The number of thioether (sulfide) groups is 1. The molecule has 19 heavy (non-hydrogen) atoms. The molecule has 1 amide bonds. The summed E-state index contributed by atoms with van der Waals surface area (Å²) in [7, 11) is 0. The number of hydrogen-bond acceptors (Lipinski definition) is 5.